The van der Waals surface area contributed by atoms with Gasteiger partial charge in [-0.1, -0.05) is 84.1 Å². The van der Waals surface area contributed by atoms with E-state index >= 15 is 0 Å². The lowest BCUT2D eigenvalue weighted by atomic mass is 10.1. The molecule has 0 amide bonds. The van der Waals surface area contributed by atoms with Crippen molar-refractivity contribution in [2.24, 2.45) is 4.99 Å². The number of hydrogen-bond donors (Lipinski definition) is 1. The van der Waals surface area contributed by atoms with Gasteiger partial charge in [0.25, 0.3) is 5.69 Å². The smallest absolute Gasteiger partial charge is 0.294 e. The normalized spacial score (nSPS) is 11.3. The summed E-state index contributed by atoms with van der Waals surface area (Å²) in [6.45, 7) is 3.02. The van der Waals surface area contributed by atoms with E-state index in [1.54, 1.807) is 36.4 Å². The number of aryl methyl sites for hydroxylation is 1. The molecule has 0 saturated carbocycles. The third-order valence-corrected chi connectivity index (χ3v) is 6.29. The van der Waals surface area contributed by atoms with Crippen LogP contribution in [-0.4, -0.2) is 20.1 Å². The second kappa shape index (κ2) is 11.4. The average molecular weight is 484 g/mol. The fourth-order valence-electron chi connectivity index (χ4n) is 3.63. The number of nitrogens with zero attached hydrogens (tertiary/aromatic N) is 3. The third kappa shape index (κ3) is 6.71. The van der Waals surface area contributed by atoms with E-state index in [0.717, 1.165) is 21.6 Å². The van der Waals surface area contributed by atoms with E-state index in [9.17, 15) is 15.2 Å². The van der Waals surface area contributed by atoms with Crippen molar-refractivity contribution in [2.45, 2.75) is 24.9 Å². The monoisotopic (exact) mass is 483 g/mol. The van der Waals surface area contributed by atoms with Crippen LogP contribution in [0.1, 0.15) is 16.7 Å². The van der Waals surface area contributed by atoms with E-state index in [1.165, 1.54) is 17.8 Å². The summed E-state index contributed by atoms with van der Waals surface area (Å²) < 4.78 is 0. The number of phenolic OH excluding ortho intramolecular Hbond substituents is 1. The van der Waals surface area contributed by atoms with Crippen LogP contribution in [0.25, 0.3) is 0 Å². The molecule has 0 aromatic heterocycles. The van der Waals surface area contributed by atoms with Gasteiger partial charge in [0, 0.05) is 24.1 Å². The molecule has 0 heterocycles. The zero-order valence-corrected chi connectivity index (χ0v) is 20.1. The SMILES string of the molecule is Cc1cccc(SC(=Nc2ccccc2[N+](=O)[O-])N(Cc2ccccc2)Cc2cccc(O)c2)c1. The summed E-state index contributed by atoms with van der Waals surface area (Å²) in [4.78, 5) is 19.2. The van der Waals surface area contributed by atoms with Crippen LogP contribution in [0.4, 0.5) is 11.4 Å². The number of para-hydroxylation sites is 2. The number of aliphatic imine (C=N–C) groups is 1. The van der Waals surface area contributed by atoms with Crippen molar-refractivity contribution in [3.63, 3.8) is 0 Å². The Morgan fingerprint density at radius 1 is 0.886 bits per heavy atom. The van der Waals surface area contributed by atoms with Crippen molar-refractivity contribution >= 4 is 28.3 Å². The van der Waals surface area contributed by atoms with Crippen LogP contribution < -0.4 is 0 Å². The van der Waals surface area contributed by atoms with Crippen LogP contribution in [-0.2, 0) is 13.1 Å². The number of nitro groups is 1. The molecule has 0 saturated heterocycles. The molecule has 0 bridgehead atoms. The standard InChI is InChI=1S/C28H25N3O3S/c1-21-9-7-14-25(17-21)35-28(29-26-15-5-6-16-27(26)31(33)34)30(19-22-10-3-2-4-11-22)20-23-12-8-13-24(32)18-23/h2-18,32H,19-20H2,1H3. The molecule has 0 aliphatic carbocycles. The highest BCUT2D eigenvalue weighted by atomic mass is 32.2. The van der Waals surface area contributed by atoms with E-state index in [0.29, 0.717) is 23.9 Å². The lowest BCUT2D eigenvalue weighted by molar-refractivity contribution is -0.384. The van der Waals surface area contributed by atoms with Crippen molar-refractivity contribution in [3.05, 3.63) is 130 Å². The van der Waals surface area contributed by atoms with Crippen LogP contribution in [0.3, 0.4) is 0 Å². The first-order valence-corrected chi connectivity index (χ1v) is 11.9. The van der Waals surface area contributed by atoms with Crippen LogP contribution in [0, 0.1) is 17.0 Å². The molecule has 4 aromatic carbocycles. The van der Waals surface area contributed by atoms with E-state index < -0.39 is 4.92 Å². The molecule has 6 nitrogen and oxygen atoms in total. The summed E-state index contributed by atoms with van der Waals surface area (Å²) >= 11 is 1.46. The molecule has 4 rings (SSSR count). The Hall–Kier alpha value is -4.10. The van der Waals surface area contributed by atoms with Gasteiger partial charge >= 0.3 is 0 Å². The Morgan fingerprint density at radius 3 is 2.31 bits per heavy atom. The zero-order chi connectivity index (χ0) is 24.6. The van der Waals surface area contributed by atoms with E-state index in [-0.39, 0.29) is 11.4 Å². The maximum absolute atomic E-state index is 11.7. The molecule has 0 aliphatic heterocycles. The van der Waals surface area contributed by atoms with Crippen LogP contribution in [0.15, 0.2) is 113 Å². The van der Waals surface area contributed by atoms with Gasteiger partial charge < -0.3 is 10.0 Å². The van der Waals surface area contributed by atoms with Gasteiger partial charge in [0.15, 0.2) is 5.17 Å². The molecular formula is C28H25N3O3S. The summed E-state index contributed by atoms with van der Waals surface area (Å²) in [5, 5.41) is 22.3. The lowest BCUT2D eigenvalue weighted by Crippen LogP contribution is -2.28. The van der Waals surface area contributed by atoms with Crippen molar-refractivity contribution in [1.29, 1.82) is 0 Å². The molecule has 35 heavy (non-hydrogen) atoms. The van der Waals surface area contributed by atoms with Gasteiger partial charge in [0.2, 0.25) is 0 Å². The number of hydrogen-bond acceptors (Lipinski definition) is 5. The molecule has 4 aromatic rings. The molecule has 7 heteroatoms. The Kier molecular flexibility index (Phi) is 7.80. The highest BCUT2D eigenvalue weighted by molar-refractivity contribution is 8.13. The Morgan fingerprint density at radius 2 is 1.57 bits per heavy atom. The van der Waals surface area contributed by atoms with E-state index in [1.807, 2.05) is 61.5 Å². The fraction of sp³-hybridized carbons (Fsp3) is 0.107. The maximum Gasteiger partial charge on any atom is 0.294 e. The van der Waals surface area contributed by atoms with Crippen LogP contribution in [0.2, 0.25) is 0 Å². The van der Waals surface area contributed by atoms with E-state index in [4.69, 9.17) is 4.99 Å². The fourth-order valence-corrected chi connectivity index (χ4v) is 4.63. The molecule has 176 valence electrons. The molecule has 0 fully saturated rings. The number of aromatic hydroxyl groups is 1. The first-order chi connectivity index (χ1) is 17.0. The minimum absolute atomic E-state index is 0.0492. The van der Waals surface area contributed by atoms with Crippen molar-refractivity contribution in [2.75, 3.05) is 0 Å². The minimum Gasteiger partial charge on any atom is -0.508 e. The minimum atomic E-state index is -0.412. The molecule has 1 N–H and O–H groups in total. The molecular weight excluding hydrogens is 458 g/mol. The first kappa shape index (κ1) is 24.0. The van der Waals surface area contributed by atoms with Crippen LogP contribution in [0.5, 0.6) is 5.75 Å². The van der Waals surface area contributed by atoms with Gasteiger partial charge in [-0.05, 0) is 48.4 Å². The summed E-state index contributed by atoms with van der Waals surface area (Å²) in [5.41, 5.74) is 3.34. The first-order valence-electron chi connectivity index (χ1n) is 11.1. The number of benzene rings is 4. The topological polar surface area (TPSA) is 79.0 Å². The van der Waals surface area contributed by atoms with Gasteiger partial charge in [0.1, 0.15) is 11.4 Å². The van der Waals surface area contributed by atoms with Crippen LogP contribution >= 0.6 is 11.8 Å². The highest BCUT2D eigenvalue weighted by Gasteiger charge is 2.19. The van der Waals surface area contributed by atoms with Crippen molar-refractivity contribution < 1.29 is 10.0 Å². The number of rotatable bonds is 7. The maximum atomic E-state index is 11.7. The molecule has 0 unspecified atom stereocenters. The zero-order valence-electron chi connectivity index (χ0n) is 19.2. The number of thioether (sulfide) groups is 1. The summed E-state index contributed by atoms with van der Waals surface area (Å²) in [5.74, 6) is 0.186. The largest absolute Gasteiger partial charge is 0.508 e. The third-order valence-electron chi connectivity index (χ3n) is 5.26. The molecule has 0 radical (unpaired) electrons. The average Bonchev–Trinajstić information content (AvgIpc) is 2.84. The van der Waals surface area contributed by atoms with Crippen molar-refractivity contribution in [3.8, 4) is 5.75 Å². The van der Waals surface area contributed by atoms with Crippen molar-refractivity contribution in [1.82, 2.24) is 4.90 Å². The lowest BCUT2D eigenvalue weighted by Gasteiger charge is -2.26. The summed E-state index contributed by atoms with van der Waals surface area (Å²) in [6.07, 6.45) is 0. The highest BCUT2D eigenvalue weighted by Crippen LogP contribution is 2.32. The second-order valence-electron chi connectivity index (χ2n) is 8.07. The molecule has 0 spiro atoms. The number of nitro benzene ring substituents is 1. The second-order valence-corrected chi connectivity index (χ2v) is 9.11. The van der Waals surface area contributed by atoms with Gasteiger partial charge in [-0.3, -0.25) is 10.1 Å². The Labute approximate surface area is 208 Å². The Balaban J connectivity index is 1.81. The van der Waals surface area contributed by atoms with E-state index in [2.05, 4.69) is 11.0 Å². The Bertz CT molecular complexity index is 1340. The van der Waals surface area contributed by atoms with Gasteiger partial charge in [-0.25, -0.2) is 4.99 Å². The summed E-state index contributed by atoms with van der Waals surface area (Å²) in [6, 6.07) is 31.7. The predicted octanol–water partition coefficient (Wildman–Crippen LogP) is 7.09. The number of phenols is 1. The van der Waals surface area contributed by atoms with Gasteiger partial charge in [-0.15, -0.1) is 0 Å². The number of amidine groups is 1. The predicted molar refractivity (Wildman–Crippen MR) is 141 cm³/mol. The summed E-state index contributed by atoms with van der Waals surface area (Å²) in [7, 11) is 0. The van der Waals surface area contributed by atoms with Gasteiger partial charge in [0.05, 0.1) is 4.92 Å². The molecule has 0 aliphatic rings. The quantitative estimate of drug-likeness (QED) is 0.0998. The molecule has 0 atom stereocenters. The van der Waals surface area contributed by atoms with Gasteiger partial charge in [-0.2, -0.15) is 0 Å².